The quantitative estimate of drug-likeness (QED) is 0.481. The maximum Gasteiger partial charge on any atom is 0.412 e. The maximum atomic E-state index is 13.0. The lowest BCUT2D eigenvalue weighted by Gasteiger charge is -2.31. The zero-order chi connectivity index (χ0) is 16.7. The summed E-state index contributed by atoms with van der Waals surface area (Å²) in [6, 6.07) is 4.80. The van der Waals surface area contributed by atoms with E-state index in [1.54, 1.807) is 0 Å². The molecule has 0 N–H and O–H groups in total. The molecule has 2 nitrogen and oxygen atoms in total. The van der Waals surface area contributed by atoms with E-state index < -0.39 is 46.9 Å². The molecular formula is C16H14F4O2. The van der Waals surface area contributed by atoms with Crippen molar-refractivity contribution >= 4 is 11.6 Å². The van der Waals surface area contributed by atoms with Crippen LogP contribution in [0.3, 0.4) is 0 Å². The normalized spacial score (nSPS) is 20.6. The summed E-state index contributed by atoms with van der Waals surface area (Å²) < 4.78 is 52.1. The number of carbonyl (C=O) groups is 2. The molecule has 0 aromatic heterocycles. The Labute approximate surface area is 124 Å². The summed E-state index contributed by atoms with van der Waals surface area (Å²) in [6.45, 7) is 2.23. The fraction of sp³-hybridized carbons (Fsp3) is 0.375. The van der Waals surface area contributed by atoms with Gasteiger partial charge in [-0.1, -0.05) is 18.2 Å². The second-order valence-electron chi connectivity index (χ2n) is 5.48. The summed E-state index contributed by atoms with van der Waals surface area (Å²) in [5.74, 6) is -2.83. The maximum absolute atomic E-state index is 13.0. The van der Waals surface area contributed by atoms with Crippen molar-refractivity contribution in [1.29, 1.82) is 0 Å². The van der Waals surface area contributed by atoms with Crippen LogP contribution in [0.5, 0.6) is 0 Å². The van der Waals surface area contributed by atoms with Crippen molar-refractivity contribution in [2.75, 3.05) is 0 Å². The van der Waals surface area contributed by atoms with Crippen molar-refractivity contribution < 1.29 is 27.2 Å². The number of halogens is 4. The van der Waals surface area contributed by atoms with Crippen LogP contribution in [0.2, 0.25) is 0 Å². The number of allylic oxidation sites excluding steroid dienone is 2. The number of benzene rings is 1. The molecular weight excluding hydrogens is 300 g/mol. The van der Waals surface area contributed by atoms with Crippen LogP contribution in [0.25, 0.3) is 0 Å². The lowest BCUT2D eigenvalue weighted by Crippen LogP contribution is -2.39. The van der Waals surface area contributed by atoms with Gasteiger partial charge in [-0.2, -0.15) is 13.2 Å². The third-order valence-electron chi connectivity index (χ3n) is 4.22. The molecule has 0 radical (unpaired) electrons. The largest absolute Gasteiger partial charge is 0.412 e. The monoisotopic (exact) mass is 314 g/mol. The second kappa shape index (κ2) is 5.34. The highest BCUT2D eigenvalue weighted by molar-refractivity contribution is 6.07. The summed E-state index contributed by atoms with van der Waals surface area (Å²) in [5, 5.41) is 0. The van der Waals surface area contributed by atoms with Crippen LogP contribution in [0, 0.1) is 11.2 Å². The van der Waals surface area contributed by atoms with E-state index in [0.717, 1.165) is 32.1 Å². The molecule has 118 valence electrons. The Hall–Kier alpha value is -1.98. The molecule has 0 amide bonds. The van der Waals surface area contributed by atoms with Gasteiger partial charge in [0.15, 0.2) is 0 Å². The number of carbonyl (C=O) groups excluding carboxylic acids is 2. The van der Waals surface area contributed by atoms with Crippen LogP contribution in [0.1, 0.15) is 31.7 Å². The average Bonchev–Trinajstić information content (AvgIpc) is 2.81. The van der Waals surface area contributed by atoms with Gasteiger partial charge in [0, 0.05) is 11.5 Å². The standard InChI is InChI=1S/C16H14F4O2/c1-9(21)15(10(2)22)8-12(16(18,19)20)7-14(15)11-3-5-13(17)6-4-11/h3-7,14H,8H2,1-2H3. The number of rotatable bonds is 3. The molecule has 0 bridgehead atoms. The van der Waals surface area contributed by atoms with Crippen molar-refractivity contribution in [3.05, 3.63) is 47.3 Å². The van der Waals surface area contributed by atoms with E-state index in [-0.39, 0.29) is 0 Å². The van der Waals surface area contributed by atoms with Crippen LogP contribution in [-0.4, -0.2) is 17.7 Å². The van der Waals surface area contributed by atoms with E-state index in [1.165, 1.54) is 12.1 Å². The first kappa shape index (κ1) is 16.4. The third-order valence-corrected chi connectivity index (χ3v) is 4.22. The molecule has 0 spiro atoms. The Morgan fingerprint density at radius 3 is 2.00 bits per heavy atom. The minimum atomic E-state index is -4.61. The molecule has 0 heterocycles. The molecule has 2 rings (SSSR count). The minimum Gasteiger partial charge on any atom is -0.299 e. The van der Waals surface area contributed by atoms with E-state index >= 15 is 0 Å². The van der Waals surface area contributed by atoms with Crippen molar-refractivity contribution in [1.82, 2.24) is 0 Å². The Balaban J connectivity index is 2.61. The number of alkyl halides is 3. The number of ketones is 2. The van der Waals surface area contributed by atoms with E-state index in [1.807, 2.05) is 0 Å². The van der Waals surface area contributed by atoms with Crippen LogP contribution >= 0.6 is 0 Å². The molecule has 0 saturated carbocycles. The molecule has 1 aliphatic rings. The predicted octanol–water partition coefficient (Wildman–Crippen LogP) is 3.97. The number of Topliss-reactive ketones (excluding diaryl/α,β-unsaturated/α-hetero) is 2. The molecule has 1 aliphatic carbocycles. The van der Waals surface area contributed by atoms with Gasteiger partial charge in [-0.25, -0.2) is 4.39 Å². The number of hydrogen-bond donors (Lipinski definition) is 0. The lowest BCUT2D eigenvalue weighted by molar-refractivity contribution is -0.139. The molecule has 22 heavy (non-hydrogen) atoms. The van der Waals surface area contributed by atoms with Gasteiger partial charge in [0.1, 0.15) is 22.8 Å². The molecule has 1 aromatic carbocycles. The van der Waals surface area contributed by atoms with E-state index in [9.17, 15) is 27.2 Å². The Morgan fingerprint density at radius 2 is 1.59 bits per heavy atom. The van der Waals surface area contributed by atoms with Crippen LogP contribution in [0.4, 0.5) is 17.6 Å². The van der Waals surface area contributed by atoms with E-state index in [2.05, 4.69) is 0 Å². The Morgan fingerprint density at radius 1 is 1.09 bits per heavy atom. The minimum absolute atomic E-state index is 0.311. The third kappa shape index (κ3) is 2.58. The summed E-state index contributed by atoms with van der Waals surface area (Å²) >= 11 is 0. The molecule has 1 unspecified atom stereocenters. The summed E-state index contributed by atoms with van der Waals surface area (Å²) in [5.41, 5.74) is -2.36. The summed E-state index contributed by atoms with van der Waals surface area (Å²) in [4.78, 5) is 24.1. The van der Waals surface area contributed by atoms with Gasteiger partial charge < -0.3 is 0 Å². The molecule has 0 fully saturated rings. The SMILES string of the molecule is CC(=O)C1(C(C)=O)CC(C(F)(F)F)=CC1c1ccc(F)cc1. The smallest absolute Gasteiger partial charge is 0.299 e. The lowest BCUT2D eigenvalue weighted by atomic mass is 9.68. The van der Waals surface area contributed by atoms with E-state index in [0.29, 0.717) is 5.56 Å². The van der Waals surface area contributed by atoms with E-state index in [4.69, 9.17) is 0 Å². The van der Waals surface area contributed by atoms with Crippen molar-refractivity contribution in [3.63, 3.8) is 0 Å². The molecule has 6 heteroatoms. The first-order valence-electron chi connectivity index (χ1n) is 6.64. The first-order chi connectivity index (χ1) is 10.1. The van der Waals surface area contributed by atoms with Gasteiger partial charge in [-0.15, -0.1) is 0 Å². The van der Waals surface area contributed by atoms with Gasteiger partial charge in [0.2, 0.25) is 0 Å². The fourth-order valence-corrected chi connectivity index (χ4v) is 2.99. The van der Waals surface area contributed by atoms with Crippen molar-refractivity contribution in [2.45, 2.75) is 32.4 Å². The zero-order valence-corrected chi connectivity index (χ0v) is 12.0. The first-order valence-corrected chi connectivity index (χ1v) is 6.64. The van der Waals surface area contributed by atoms with Crippen LogP contribution in [0.15, 0.2) is 35.9 Å². The highest BCUT2D eigenvalue weighted by atomic mass is 19.4. The average molecular weight is 314 g/mol. The van der Waals surface area contributed by atoms with Gasteiger partial charge in [-0.3, -0.25) is 9.59 Å². The molecule has 0 saturated heterocycles. The highest BCUT2D eigenvalue weighted by Crippen LogP contribution is 2.53. The molecule has 1 aromatic rings. The predicted molar refractivity (Wildman–Crippen MR) is 71.7 cm³/mol. The Kier molecular flexibility index (Phi) is 3.98. The van der Waals surface area contributed by atoms with Crippen molar-refractivity contribution in [2.24, 2.45) is 5.41 Å². The fourth-order valence-electron chi connectivity index (χ4n) is 2.99. The van der Waals surface area contributed by atoms with Crippen LogP contribution < -0.4 is 0 Å². The number of hydrogen-bond acceptors (Lipinski definition) is 2. The highest BCUT2D eigenvalue weighted by Gasteiger charge is 2.55. The summed E-state index contributed by atoms with van der Waals surface area (Å²) in [7, 11) is 0. The van der Waals surface area contributed by atoms with Crippen molar-refractivity contribution in [3.8, 4) is 0 Å². The Bertz CT molecular complexity index is 627. The zero-order valence-electron chi connectivity index (χ0n) is 12.0. The molecule has 0 aliphatic heterocycles. The van der Waals surface area contributed by atoms with Crippen LogP contribution in [-0.2, 0) is 9.59 Å². The second-order valence-corrected chi connectivity index (χ2v) is 5.48. The van der Waals surface area contributed by atoms with Gasteiger partial charge in [0.05, 0.1) is 0 Å². The van der Waals surface area contributed by atoms with Gasteiger partial charge in [0.25, 0.3) is 0 Å². The topological polar surface area (TPSA) is 34.1 Å². The summed E-state index contributed by atoms with van der Waals surface area (Å²) in [6.07, 6.45) is -4.37. The van der Waals surface area contributed by atoms with Gasteiger partial charge in [-0.05, 0) is 38.0 Å². The van der Waals surface area contributed by atoms with Gasteiger partial charge >= 0.3 is 6.18 Å². The molecule has 1 atom stereocenters.